The molecule has 29 heteroatoms. The summed E-state index contributed by atoms with van der Waals surface area (Å²) in [6, 6.07) is 24.5. The number of esters is 4. The highest BCUT2D eigenvalue weighted by Crippen LogP contribution is 2.64. The van der Waals surface area contributed by atoms with Crippen LogP contribution in [0.4, 0.5) is 16.7 Å². The average molecular weight is 1460 g/mol. The number of piperidine rings is 2. The number of phenols is 2. The van der Waals surface area contributed by atoms with E-state index in [2.05, 4.69) is 30.8 Å². The van der Waals surface area contributed by atoms with Gasteiger partial charge in [0, 0.05) is 82.5 Å². The number of aliphatic hydroxyl groups is 3. The summed E-state index contributed by atoms with van der Waals surface area (Å²) in [4.78, 5) is 119. The number of aromatic hydroxyl groups is 2. The summed E-state index contributed by atoms with van der Waals surface area (Å²) in [6.45, 7) is 19.2. The van der Waals surface area contributed by atoms with Crippen LogP contribution in [-0.4, -0.2) is 196 Å². The lowest BCUT2D eigenvalue weighted by molar-refractivity contribution is -0.346. The van der Waals surface area contributed by atoms with Crippen molar-refractivity contribution in [1.29, 1.82) is 0 Å². The lowest BCUT2D eigenvalue weighted by atomic mass is 9.44. The van der Waals surface area contributed by atoms with E-state index >= 15 is 9.59 Å². The van der Waals surface area contributed by atoms with Crippen molar-refractivity contribution in [1.82, 2.24) is 40.3 Å². The fraction of sp³-hybridized carbons (Fsp3) is 0.506. The SMILES string of the molecule is CCNC(=O)c1nnc(-c2cc(C(C)C)c(O)cc2O)n1-c1ccc(OC2CCN(c3ncnc(N4CCC(C(=O)O[C@@H](C(=O)O[C@H]5CC6(O)[C@@H](OC(=O)c7ccccc7)C7[C@](C)(C(=O)[C@H](O)C(=C5C)C6(C)C)[C@@H](O)C[C@H]5OC[C@@]75OC(C)=O)[C@@H](NC(=O)OC(C)(C)C)c5ccccc5)CC4)n3)CC2)cc1. The molecule has 2 saturated carbocycles. The van der Waals surface area contributed by atoms with E-state index in [4.69, 9.17) is 38.1 Å². The number of ether oxygens (including phenoxy) is 7. The number of benzene rings is 4. The summed E-state index contributed by atoms with van der Waals surface area (Å²) in [5.41, 5.74) is -7.50. The Labute approximate surface area is 613 Å². The first-order valence-electron chi connectivity index (χ1n) is 35.9. The third-order valence-corrected chi connectivity index (χ3v) is 21.8. The largest absolute Gasteiger partial charge is 0.508 e. The summed E-state index contributed by atoms with van der Waals surface area (Å²) >= 11 is 0. The predicted octanol–water partition coefficient (Wildman–Crippen LogP) is 7.49. The number of alkyl carbamates (subject to hydrolysis) is 1. The van der Waals surface area contributed by atoms with Gasteiger partial charge in [-0.15, -0.1) is 10.2 Å². The molecule has 2 amide bonds. The van der Waals surface area contributed by atoms with Gasteiger partial charge < -0.3 is 79.1 Å². The highest BCUT2D eigenvalue weighted by molar-refractivity contribution is 5.95. The van der Waals surface area contributed by atoms with Gasteiger partial charge in [0.15, 0.2) is 17.2 Å². The van der Waals surface area contributed by atoms with Crippen LogP contribution >= 0.6 is 0 Å². The van der Waals surface area contributed by atoms with E-state index in [1.54, 1.807) is 125 Å². The Morgan fingerprint density at radius 3 is 2.04 bits per heavy atom. The molecule has 5 fully saturated rings. The molecule has 29 nitrogen and oxygen atoms in total. The second-order valence-electron chi connectivity index (χ2n) is 30.3. The zero-order valence-electron chi connectivity index (χ0n) is 61.2. The summed E-state index contributed by atoms with van der Waals surface area (Å²) in [5.74, 6) is -6.52. The van der Waals surface area contributed by atoms with Crippen LogP contribution in [0, 0.1) is 22.7 Å². The Kier molecular flexibility index (Phi) is 21.2. The summed E-state index contributed by atoms with van der Waals surface area (Å²) in [5, 5.41) is 74.6. The molecule has 0 radical (unpaired) electrons. The number of nitrogens with zero attached hydrogens (tertiary/aromatic N) is 8. The number of ketones is 1. The molecule has 3 aliphatic heterocycles. The van der Waals surface area contributed by atoms with Crippen molar-refractivity contribution >= 4 is 53.6 Å². The number of phenolic OH excluding ortho intramolecular Hbond substituents is 2. The van der Waals surface area contributed by atoms with E-state index in [1.165, 1.54) is 38.4 Å². The molecular formula is C77H92N10O19. The van der Waals surface area contributed by atoms with E-state index in [-0.39, 0.29) is 102 Å². The number of hydrogen-bond acceptors (Lipinski definition) is 26. The van der Waals surface area contributed by atoms with E-state index in [0.29, 0.717) is 61.4 Å². The predicted molar refractivity (Wildman–Crippen MR) is 380 cm³/mol. The number of amides is 2. The van der Waals surface area contributed by atoms with Crippen molar-refractivity contribution < 1.29 is 92.3 Å². The van der Waals surface area contributed by atoms with Gasteiger partial charge in [0.2, 0.25) is 23.8 Å². The molecule has 7 N–H and O–H groups in total. The minimum absolute atomic E-state index is 0.00229. The Morgan fingerprint density at radius 1 is 0.811 bits per heavy atom. The van der Waals surface area contributed by atoms with Crippen molar-refractivity contribution in [3.8, 4) is 34.3 Å². The minimum atomic E-state index is -2.48. The summed E-state index contributed by atoms with van der Waals surface area (Å²) in [7, 11) is 0. The molecule has 2 unspecified atom stereocenters. The molecular weight excluding hydrogens is 1370 g/mol. The van der Waals surface area contributed by atoms with E-state index in [0.717, 1.165) is 6.92 Å². The average Bonchev–Trinajstić information content (AvgIpc) is 0.743. The highest BCUT2D eigenvalue weighted by atomic mass is 16.6. The van der Waals surface area contributed by atoms with Crippen LogP contribution in [0.5, 0.6) is 17.2 Å². The Morgan fingerprint density at radius 2 is 1.44 bits per heavy atom. The topological polar surface area (TPSA) is 385 Å². The zero-order chi connectivity index (χ0) is 76.1. The number of aliphatic hydroxyl groups excluding tert-OH is 2. The van der Waals surface area contributed by atoms with Crippen LogP contribution in [0.25, 0.3) is 17.1 Å². The highest BCUT2D eigenvalue weighted by Gasteiger charge is 2.78. The van der Waals surface area contributed by atoms with E-state index < -0.39 is 130 Å². The van der Waals surface area contributed by atoms with Crippen molar-refractivity contribution in [2.45, 2.75) is 186 Å². The number of carbonyl (C=O) groups is 7. The fourth-order valence-corrected chi connectivity index (χ4v) is 16.1. The maximum Gasteiger partial charge on any atom is 0.408 e. The maximum absolute atomic E-state index is 15.7. The Balaban J connectivity index is 0.767. The minimum Gasteiger partial charge on any atom is -0.508 e. The number of nitrogens with one attached hydrogen (secondary N) is 2. The van der Waals surface area contributed by atoms with Crippen molar-refractivity contribution in [3.63, 3.8) is 0 Å². The van der Waals surface area contributed by atoms with Gasteiger partial charge in [-0.05, 0) is 125 Å². The molecule has 106 heavy (non-hydrogen) atoms. The van der Waals surface area contributed by atoms with Crippen LogP contribution < -0.4 is 25.2 Å². The Bertz CT molecular complexity index is 4340. The van der Waals surface area contributed by atoms with Gasteiger partial charge in [-0.3, -0.25) is 23.7 Å². The summed E-state index contributed by atoms with van der Waals surface area (Å²) in [6.07, 6.45) is -9.29. The lowest BCUT2D eigenvalue weighted by Crippen LogP contribution is -2.81. The van der Waals surface area contributed by atoms with Gasteiger partial charge in [0.05, 0.1) is 41.1 Å². The monoisotopic (exact) mass is 1460 g/mol. The molecule has 6 aliphatic rings. The van der Waals surface area contributed by atoms with E-state index in [9.17, 15) is 49.5 Å². The molecule has 564 valence electrons. The standard InChI is InChI=1S/C77H92N10O19/c1-12-78-66(94)65-84-83-64(51-35-50(41(2)3)52(89)36-53(51)90)87(65)47-23-25-48(26-24-47)101-49-29-33-86(34-30-49)71-80-40-79-70(82-71)85-31-27-46(28-32-85)67(95)103-60(58(44-19-15-13-16-20-44)81-72(98)106-73(6,7)8)69(97)102-54-38-77(99)63(104-68(96)45-21-17-14-18-22-45)61-75(11,62(93)59(92)57(42(54)4)74(77,9)10)55(91)37-56-76(61,39-100-56)105-43(5)88/h13-26,35-36,40-41,46,49,54-56,58-61,63,89-92,99H,12,27-34,37-39H2,1-11H3,(H,78,94)(H,81,98)/t54-,55-,56+,58-,59+,60+,61?,63-,75+,76-,77?/m0/s1. The van der Waals surface area contributed by atoms with Gasteiger partial charge in [-0.2, -0.15) is 4.98 Å². The van der Waals surface area contributed by atoms with Gasteiger partial charge in [-0.25, -0.2) is 24.4 Å². The molecule has 2 aromatic heterocycles. The van der Waals surface area contributed by atoms with Crippen molar-refractivity contribution in [2.24, 2.45) is 22.7 Å². The second-order valence-corrected chi connectivity index (χ2v) is 30.3. The molecule has 5 heterocycles. The number of aromatic nitrogens is 6. The third-order valence-electron chi connectivity index (χ3n) is 21.8. The van der Waals surface area contributed by atoms with Crippen LogP contribution in [-0.2, 0) is 47.6 Å². The quantitative estimate of drug-likeness (QED) is 0.0234. The zero-order valence-corrected chi connectivity index (χ0v) is 61.2. The van der Waals surface area contributed by atoms with Gasteiger partial charge >= 0.3 is 30.0 Å². The van der Waals surface area contributed by atoms with Crippen LogP contribution in [0.2, 0.25) is 0 Å². The third kappa shape index (κ3) is 14.3. The normalized spacial score (nSPS) is 25.8. The molecule has 11 atom stereocenters. The molecule has 2 bridgehead atoms. The number of anilines is 2. The van der Waals surface area contributed by atoms with E-state index in [1.807, 2.05) is 23.6 Å². The molecule has 4 aromatic carbocycles. The van der Waals surface area contributed by atoms with Crippen molar-refractivity contribution in [3.05, 3.63) is 137 Å². The first-order valence-corrected chi connectivity index (χ1v) is 35.9. The number of fused-ring (bicyclic) bond motifs is 5. The first-order chi connectivity index (χ1) is 50.3. The molecule has 3 aliphatic carbocycles. The Hall–Kier alpha value is -10.1. The molecule has 12 rings (SSSR count). The number of rotatable bonds is 19. The molecule has 0 spiro atoms. The maximum atomic E-state index is 15.7. The van der Waals surface area contributed by atoms with Crippen LogP contribution in [0.15, 0.2) is 115 Å². The van der Waals surface area contributed by atoms with Gasteiger partial charge in [-0.1, -0.05) is 76.2 Å². The smallest absolute Gasteiger partial charge is 0.408 e. The van der Waals surface area contributed by atoms with Gasteiger partial charge in [0.25, 0.3) is 5.91 Å². The molecule has 6 aromatic rings. The second kappa shape index (κ2) is 29.7. The van der Waals surface area contributed by atoms with Crippen molar-refractivity contribution in [2.75, 3.05) is 49.1 Å². The number of carbonyl (C=O) groups excluding carboxylic acids is 7. The molecule has 3 saturated heterocycles. The number of hydrogen-bond donors (Lipinski definition) is 7. The fourth-order valence-electron chi connectivity index (χ4n) is 16.1. The summed E-state index contributed by atoms with van der Waals surface area (Å²) < 4.78 is 45.2. The van der Waals surface area contributed by atoms with Crippen LogP contribution in [0.1, 0.15) is 159 Å². The van der Waals surface area contributed by atoms with Gasteiger partial charge in [0.1, 0.15) is 71.3 Å². The lowest BCUT2D eigenvalue weighted by Gasteiger charge is -2.67. The van der Waals surface area contributed by atoms with Crippen LogP contribution in [0.3, 0.4) is 0 Å². The first kappa shape index (κ1) is 75.6. The number of Topliss-reactive ketones (excluding diaryl/α,β-unsaturated/α-hetero) is 1.